The van der Waals surface area contributed by atoms with Gasteiger partial charge in [-0.05, 0) is 48.9 Å². The van der Waals surface area contributed by atoms with Gasteiger partial charge >= 0.3 is 0 Å². The van der Waals surface area contributed by atoms with Gasteiger partial charge in [0, 0.05) is 5.71 Å². The van der Waals surface area contributed by atoms with Gasteiger partial charge in [0.1, 0.15) is 10.8 Å². The first-order valence-electron chi connectivity index (χ1n) is 8.22. The predicted molar refractivity (Wildman–Crippen MR) is 114 cm³/mol. The second-order valence-corrected chi connectivity index (χ2v) is 8.93. The summed E-state index contributed by atoms with van der Waals surface area (Å²) in [7, 11) is 1.66. The minimum Gasteiger partial charge on any atom is -0.497 e. The summed E-state index contributed by atoms with van der Waals surface area (Å²) in [6.45, 7) is 1.97. The number of nitrogens with zero attached hydrogens (tertiary/aromatic N) is 4. The molecule has 27 heavy (non-hydrogen) atoms. The molecule has 2 aromatic heterocycles. The van der Waals surface area contributed by atoms with Crippen LogP contribution in [0.1, 0.15) is 17.5 Å². The summed E-state index contributed by atoms with van der Waals surface area (Å²) >= 11 is 4.90. The fourth-order valence-electron chi connectivity index (χ4n) is 2.42. The molecular formula is C19H16N4OS3. The maximum atomic E-state index is 5.19. The number of hydrogen-bond donors (Lipinski definition) is 0. The van der Waals surface area contributed by atoms with E-state index in [1.165, 1.54) is 16.0 Å². The van der Waals surface area contributed by atoms with Crippen LogP contribution in [-0.4, -0.2) is 28.0 Å². The third kappa shape index (κ3) is 4.35. The highest BCUT2D eigenvalue weighted by Gasteiger charge is 2.08. The molecule has 2 aromatic carbocycles. The highest BCUT2D eigenvalue weighted by atomic mass is 32.2. The largest absolute Gasteiger partial charge is 0.497 e. The average Bonchev–Trinajstić information content (AvgIpc) is 3.32. The molecule has 0 radical (unpaired) electrons. The van der Waals surface area contributed by atoms with E-state index in [0.29, 0.717) is 5.13 Å². The number of para-hydroxylation sites is 1. The van der Waals surface area contributed by atoms with Gasteiger partial charge in [-0.3, -0.25) is 0 Å². The quantitative estimate of drug-likeness (QED) is 0.305. The molecule has 0 aliphatic carbocycles. The summed E-state index contributed by atoms with van der Waals surface area (Å²) in [4.78, 5) is 9.23. The number of rotatable bonds is 6. The van der Waals surface area contributed by atoms with E-state index in [2.05, 4.69) is 26.2 Å². The van der Waals surface area contributed by atoms with Gasteiger partial charge < -0.3 is 4.74 Å². The Morgan fingerprint density at radius 1 is 1.07 bits per heavy atom. The molecular weight excluding hydrogens is 396 g/mol. The Morgan fingerprint density at radius 2 is 1.89 bits per heavy atom. The summed E-state index contributed by atoms with van der Waals surface area (Å²) < 4.78 is 7.44. The van der Waals surface area contributed by atoms with Crippen LogP contribution in [0.5, 0.6) is 5.75 Å². The van der Waals surface area contributed by atoms with Crippen molar-refractivity contribution < 1.29 is 4.74 Å². The van der Waals surface area contributed by atoms with Gasteiger partial charge in [-0.25, -0.2) is 9.98 Å². The Morgan fingerprint density at radius 3 is 2.67 bits per heavy atom. The highest BCUT2D eigenvalue weighted by Crippen LogP contribution is 2.32. The lowest BCUT2D eigenvalue weighted by molar-refractivity contribution is 0.415. The number of thioether (sulfide) groups is 1. The van der Waals surface area contributed by atoms with E-state index in [0.717, 1.165) is 37.6 Å². The zero-order chi connectivity index (χ0) is 18.6. The number of aromatic nitrogens is 3. The molecule has 8 heteroatoms. The summed E-state index contributed by atoms with van der Waals surface area (Å²) in [5.74, 6) is 1.57. The first-order chi connectivity index (χ1) is 13.2. The van der Waals surface area contributed by atoms with Crippen molar-refractivity contribution in [1.82, 2.24) is 15.2 Å². The average molecular weight is 413 g/mol. The van der Waals surface area contributed by atoms with Gasteiger partial charge in [-0.1, -0.05) is 35.2 Å². The van der Waals surface area contributed by atoms with Crippen molar-refractivity contribution in [3.8, 4) is 5.75 Å². The summed E-state index contributed by atoms with van der Waals surface area (Å²) in [6, 6.07) is 16.0. The van der Waals surface area contributed by atoms with Crippen molar-refractivity contribution in [3.63, 3.8) is 0 Å². The van der Waals surface area contributed by atoms with Gasteiger partial charge in [-0.2, -0.15) is 0 Å². The molecule has 0 amide bonds. The number of benzene rings is 2. The lowest BCUT2D eigenvalue weighted by Gasteiger charge is -2.02. The van der Waals surface area contributed by atoms with Gasteiger partial charge in [0.05, 0.1) is 23.1 Å². The summed E-state index contributed by atoms with van der Waals surface area (Å²) in [5, 5.41) is 10.1. The zero-order valence-corrected chi connectivity index (χ0v) is 17.2. The first kappa shape index (κ1) is 18.1. The van der Waals surface area contributed by atoms with Crippen molar-refractivity contribution in [2.75, 3.05) is 7.11 Å². The topological polar surface area (TPSA) is 60.3 Å². The van der Waals surface area contributed by atoms with Crippen molar-refractivity contribution in [2.24, 2.45) is 4.99 Å². The fourth-order valence-corrected chi connectivity index (χ4v) is 5.24. The molecule has 0 aliphatic heterocycles. The first-order valence-corrected chi connectivity index (χ1v) is 10.8. The van der Waals surface area contributed by atoms with E-state index in [1.54, 1.807) is 30.2 Å². The molecule has 0 saturated heterocycles. The van der Waals surface area contributed by atoms with Gasteiger partial charge in [0.15, 0.2) is 4.34 Å². The smallest absolute Gasteiger partial charge is 0.231 e. The number of fused-ring (bicyclic) bond motifs is 1. The number of hydrogen-bond acceptors (Lipinski definition) is 8. The second kappa shape index (κ2) is 8.16. The Kier molecular flexibility index (Phi) is 5.47. The van der Waals surface area contributed by atoms with Gasteiger partial charge in [-0.15, -0.1) is 21.5 Å². The standard InChI is InChI=1S/C19H16N4OS3/c1-12(13-7-9-14(24-2)10-8-13)20-18-23-22-17(27-18)11-25-19-21-15-5-3-4-6-16(15)26-19/h3-10H,11H2,1-2H3/b20-12+. The van der Waals surface area contributed by atoms with Crippen LogP contribution in [-0.2, 0) is 5.75 Å². The van der Waals surface area contributed by atoms with Crippen LogP contribution in [0.25, 0.3) is 10.2 Å². The SMILES string of the molecule is COc1ccc(/C(C)=N/c2nnc(CSc3nc4ccccc4s3)s2)cc1. The normalized spacial score (nSPS) is 11.9. The van der Waals surface area contributed by atoms with Crippen LogP contribution in [0.3, 0.4) is 0 Å². The Hall–Kier alpha value is -2.29. The predicted octanol–water partition coefficient (Wildman–Crippen LogP) is 5.59. The molecule has 0 aliphatic rings. The summed E-state index contributed by atoms with van der Waals surface area (Å²) in [6.07, 6.45) is 0. The molecule has 0 saturated carbocycles. The molecule has 0 N–H and O–H groups in total. The molecule has 4 rings (SSSR count). The second-order valence-electron chi connectivity index (χ2n) is 5.64. The number of methoxy groups -OCH3 is 1. The molecule has 0 unspecified atom stereocenters. The zero-order valence-electron chi connectivity index (χ0n) is 14.7. The molecule has 5 nitrogen and oxygen atoms in total. The highest BCUT2D eigenvalue weighted by molar-refractivity contribution is 8.00. The van der Waals surface area contributed by atoms with Crippen molar-refractivity contribution in [2.45, 2.75) is 17.0 Å². The third-order valence-electron chi connectivity index (χ3n) is 3.82. The minimum absolute atomic E-state index is 0.670. The number of thiazole rings is 1. The number of ether oxygens (including phenoxy) is 1. The third-order valence-corrected chi connectivity index (χ3v) is 7.01. The van der Waals surface area contributed by atoms with Gasteiger partial charge in [0.25, 0.3) is 0 Å². The van der Waals surface area contributed by atoms with Crippen LogP contribution in [0.4, 0.5) is 5.13 Å². The van der Waals surface area contributed by atoms with Crippen molar-refractivity contribution in [3.05, 3.63) is 59.1 Å². The maximum absolute atomic E-state index is 5.19. The molecule has 2 heterocycles. The number of aliphatic imine (C=N–C) groups is 1. The minimum atomic E-state index is 0.670. The van der Waals surface area contributed by atoms with Crippen LogP contribution < -0.4 is 4.74 Å². The van der Waals surface area contributed by atoms with Gasteiger partial charge in [0.2, 0.25) is 5.13 Å². The monoisotopic (exact) mass is 412 g/mol. The summed E-state index contributed by atoms with van der Waals surface area (Å²) in [5.41, 5.74) is 2.98. The Bertz CT molecular complexity index is 1050. The van der Waals surface area contributed by atoms with E-state index in [4.69, 9.17) is 4.74 Å². The van der Waals surface area contributed by atoms with E-state index in [1.807, 2.05) is 49.4 Å². The molecule has 136 valence electrons. The van der Waals surface area contributed by atoms with E-state index < -0.39 is 0 Å². The van der Waals surface area contributed by atoms with Crippen LogP contribution in [0.15, 0.2) is 57.9 Å². The lowest BCUT2D eigenvalue weighted by Crippen LogP contribution is -1.93. The molecule has 0 atom stereocenters. The Labute approximate surface area is 169 Å². The van der Waals surface area contributed by atoms with Crippen molar-refractivity contribution in [1.29, 1.82) is 0 Å². The molecule has 0 spiro atoms. The van der Waals surface area contributed by atoms with Crippen LogP contribution >= 0.6 is 34.4 Å². The van der Waals surface area contributed by atoms with Crippen LogP contribution in [0, 0.1) is 0 Å². The van der Waals surface area contributed by atoms with E-state index >= 15 is 0 Å². The van der Waals surface area contributed by atoms with E-state index in [9.17, 15) is 0 Å². The Balaban J connectivity index is 1.42. The fraction of sp³-hybridized carbons (Fsp3) is 0.158. The lowest BCUT2D eigenvalue weighted by atomic mass is 10.1. The molecule has 0 fully saturated rings. The molecule has 4 aromatic rings. The van der Waals surface area contributed by atoms with Crippen LogP contribution in [0.2, 0.25) is 0 Å². The maximum Gasteiger partial charge on any atom is 0.231 e. The van der Waals surface area contributed by atoms with E-state index in [-0.39, 0.29) is 0 Å². The molecule has 0 bridgehead atoms. The van der Waals surface area contributed by atoms with Crippen molar-refractivity contribution >= 4 is 55.5 Å².